The molecule has 0 N–H and O–H groups in total. The van der Waals surface area contributed by atoms with Crippen molar-refractivity contribution in [1.82, 2.24) is 0 Å². The summed E-state index contributed by atoms with van der Waals surface area (Å²) < 4.78 is 11.3. The number of aryl methyl sites for hydroxylation is 2. The summed E-state index contributed by atoms with van der Waals surface area (Å²) in [5.74, 6) is 1.77. The Hall–Kier alpha value is -4.86. The third-order valence-electron chi connectivity index (χ3n) is 10.2. The molecule has 0 fully saturated rings. The van der Waals surface area contributed by atoms with Gasteiger partial charge in [-0.1, -0.05) is 122 Å². The largest absolute Gasteiger partial charge is 0.497 e. The Labute approximate surface area is 280 Å². The number of hydrogen-bond donors (Lipinski definition) is 0. The van der Waals surface area contributed by atoms with Gasteiger partial charge in [0.15, 0.2) is 0 Å². The lowest BCUT2D eigenvalue weighted by Crippen LogP contribution is -2.35. The number of hydrogen-bond acceptors (Lipinski definition) is 2. The fraction of sp³-hybridized carbons (Fsp3) is 0.182. The average molecular weight is 631 g/mol. The third-order valence-corrected chi connectivity index (χ3v) is 15.6. The van der Waals surface area contributed by atoms with Crippen LogP contribution in [0.5, 0.6) is 11.5 Å². The molecule has 0 unspecified atom stereocenters. The van der Waals surface area contributed by atoms with Crippen LogP contribution < -0.4 is 9.47 Å². The Morgan fingerprint density at radius 3 is 1.26 bits per heavy atom. The maximum atomic E-state index is 5.67. The molecule has 234 valence electrons. The Kier molecular flexibility index (Phi) is 8.11. The van der Waals surface area contributed by atoms with E-state index < -0.39 is 8.07 Å². The highest BCUT2D eigenvalue weighted by molar-refractivity contribution is 7.14. The first-order valence-corrected chi connectivity index (χ1v) is 19.1. The van der Waals surface area contributed by atoms with Crippen LogP contribution >= 0.6 is 0 Å². The van der Waals surface area contributed by atoms with Crippen LogP contribution in [0.25, 0.3) is 43.1 Å². The van der Waals surface area contributed by atoms with Crippen molar-refractivity contribution < 1.29 is 9.47 Å². The minimum atomic E-state index is -2.37. The van der Waals surface area contributed by atoms with E-state index in [0.717, 1.165) is 23.6 Å². The van der Waals surface area contributed by atoms with Crippen LogP contribution in [0, 0.1) is 13.8 Å². The average Bonchev–Trinajstić information content (AvgIpc) is 3.42. The zero-order valence-corrected chi connectivity index (χ0v) is 29.3. The molecule has 3 heteroatoms. The molecule has 0 spiro atoms. The molecule has 2 nitrogen and oxygen atoms in total. The van der Waals surface area contributed by atoms with Crippen LogP contribution in [0.1, 0.15) is 47.2 Å². The van der Waals surface area contributed by atoms with Gasteiger partial charge in [-0.2, -0.15) is 0 Å². The van der Waals surface area contributed by atoms with Crippen LogP contribution in [0.15, 0.2) is 121 Å². The van der Waals surface area contributed by atoms with Gasteiger partial charge in [0.25, 0.3) is 0 Å². The second-order valence-corrected chi connectivity index (χ2v) is 17.5. The van der Waals surface area contributed by atoms with Crippen LogP contribution in [-0.2, 0) is 0 Å². The van der Waals surface area contributed by atoms with Gasteiger partial charge in [0.2, 0.25) is 0 Å². The molecular weight excluding hydrogens is 589 g/mol. The molecule has 0 saturated heterocycles. The van der Waals surface area contributed by atoms with Crippen molar-refractivity contribution in [3.63, 3.8) is 0 Å². The predicted molar refractivity (Wildman–Crippen MR) is 204 cm³/mol. The highest BCUT2D eigenvalue weighted by Crippen LogP contribution is 2.58. The van der Waals surface area contributed by atoms with E-state index in [-0.39, 0.29) is 0 Å². The smallest absolute Gasteiger partial charge is 0.120 e. The van der Waals surface area contributed by atoms with E-state index in [1.54, 1.807) is 14.2 Å². The highest BCUT2D eigenvalue weighted by atomic mass is 28.3. The van der Waals surface area contributed by atoms with Crippen molar-refractivity contribution >= 4 is 51.2 Å². The quantitative estimate of drug-likeness (QED) is 0.156. The molecule has 6 aromatic carbocycles. The zero-order chi connectivity index (χ0) is 32.7. The van der Waals surface area contributed by atoms with E-state index in [9.17, 15) is 0 Å². The van der Waals surface area contributed by atoms with E-state index in [1.165, 1.54) is 76.5 Å². The van der Waals surface area contributed by atoms with Crippen LogP contribution in [0.4, 0.5) is 0 Å². The van der Waals surface area contributed by atoms with Crippen molar-refractivity contribution in [1.29, 1.82) is 0 Å². The maximum Gasteiger partial charge on any atom is 0.120 e. The van der Waals surface area contributed by atoms with Gasteiger partial charge in [-0.15, -0.1) is 0 Å². The SMILES string of the molecule is CC[Si]1(CC)C(c2ccc3ccc(OC)cc3c2)=C(c2cccc(C)c2)C(c2cccc(C)c2)=C1c1ccc2ccc(OC)cc2c1. The monoisotopic (exact) mass is 630 g/mol. The summed E-state index contributed by atoms with van der Waals surface area (Å²) in [5, 5.41) is 7.93. The first kappa shape index (κ1) is 30.8. The molecule has 7 rings (SSSR count). The number of methoxy groups -OCH3 is 2. The fourth-order valence-corrected chi connectivity index (χ4v) is 12.9. The van der Waals surface area contributed by atoms with E-state index in [4.69, 9.17) is 9.47 Å². The van der Waals surface area contributed by atoms with Crippen molar-refractivity contribution in [2.75, 3.05) is 14.2 Å². The zero-order valence-electron chi connectivity index (χ0n) is 28.3. The van der Waals surface area contributed by atoms with E-state index in [2.05, 4.69) is 149 Å². The van der Waals surface area contributed by atoms with Crippen molar-refractivity contribution in [3.05, 3.63) is 155 Å². The lowest BCUT2D eigenvalue weighted by molar-refractivity contribution is 0.415. The summed E-state index contributed by atoms with van der Waals surface area (Å²) in [6.45, 7) is 9.27. The summed E-state index contributed by atoms with van der Waals surface area (Å²) in [6.07, 6.45) is 0. The normalized spacial score (nSPS) is 14.3. The number of benzene rings is 6. The molecular formula is C44H42O2Si. The molecule has 0 aliphatic carbocycles. The molecule has 1 heterocycles. The molecule has 0 bridgehead atoms. The van der Waals surface area contributed by atoms with E-state index in [1.807, 2.05) is 0 Å². The highest BCUT2D eigenvalue weighted by Gasteiger charge is 2.48. The van der Waals surface area contributed by atoms with Crippen molar-refractivity contribution in [3.8, 4) is 11.5 Å². The summed E-state index contributed by atoms with van der Waals surface area (Å²) in [7, 11) is 1.12. The second-order valence-electron chi connectivity index (χ2n) is 12.9. The Morgan fingerprint density at radius 1 is 0.447 bits per heavy atom. The van der Waals surface area contributed by atoms with Gasteiger partial charge in [0, 0.05) is 0 Å². The molecule has 0 radical (unpaired) electrons. The summed E-state index contributed by atoms with van der Waals surface area (Å²) in [5.41, 5.74) is 10.5. The molecule has 6 aromatic rings. The van der Waals surface area contributed by atoms with Gasteiger partial charge in [-0.05, 0) is 116 Å². The number of ether oxygens (including phenoxy) is 2. The molecule has 0 atom stereocenters. The van der Waals surface area contributed by atoms with Gasteiger partial charge in [0.1, 0.15) is 19.6 Å². The van der Waals surface area contributed by atoms with Crippen molar-refractivity contribution in [2.45, 2.75) is 39.8 Å². The van der Waals surface area contributed by atoms with Gasteiger partial charge in [-0.25, -0.2) is 0 Å². The Bertz CT molecular complexity index is 2060. The van der Waals surface area contributed by atoms with E-state index >= 15 is 0 Å². The van der Waals surface area contributed by atoms with Crippen molar-refractivity contribution in [2.24, 2.45) is 0 Å². The van der Waals surface area contributed by atoms with Gasteiger partial charge in [-0.3, -0.25) is 0 Å². The van der Waals surface area contributed by atoms with Crippen LogP contribution in [0.2, 0.25) is 12.1 Å². The Balaban J connectivity index is 1.63. The molecule has 1 aliphatic heterocycles. The standard InChI is InChI=1S/C44H42O2Si/c1-7-47(8-2)43(35-17-15-31-19-21-39(45-5)27-37(31)25-35)41(33-13-9-11-29(3)23-33)42(34-14-10-12-30(4)24-34)44(47)36-18-16-32-20-22-40(46-6)28-38(32)26-36/h9-28H,7-8H2,1-6H3. The summed E-state index contributed by atoms with van der Waals surface area (Å²) in [4.78, 5) is 0. The van der Waals surface area contributed by atoms with Gasteiger partial charge in [0.05, 0.1) is 14.2 Å². The molecule has 0 amide bonds. The summed E-state index contributed by atoms with van der Waals surface area (Å²) >= 11 is 0. The molecule has 0 aromatic heterocycles. The predicted octanol–water partition coefficient (Wildman–Crippen LogP) is 11.7. The van der Waals surface area contributed by atoms with Crippen LogP contribution in [0.3, 0.4) is 0 Å². The number of allylic oxidation sites excluding steroid dienone is 2. The minimum absolute atomic E-state index is 0.884. The Morgan fingerprint density at radius 2 is 0.872 bits per heavy atom. The minimum Gasteiger partial charge on any atom is -0.497 e. The first-order chi connectivity index (χ1) is 22.9. The van der Waals surface area contributed by atoms with E-state index in [0.29, 0.717) is 0 Å². The lowest BCUT2D eigenvalue weighted by atomic mass is 9.88. The lowest BCUT2D eigenvalue weighted by Gasteiger charge is -2.33. The van der Waals surface area contributed by atoms with Gasteiger partial charge >= 0.3 is 0 Å². The third kappa shape index (κ3) is 5.29. The number of fused-ring (bicyclic) bond motifs is 2. The van der Waals surface area contributed by atoms with Gasteiger partial charge < -0.3 is 9.47 Å². The van der Waals surface area contributed by atoms with Crippen LogP contribution in [-0.4, -0.2) is 22.3 Å². The molecule has 0 saturated carbocycles. The topological polar surface area (TPSA) is 18.5 Å². The molecule has 1 aliphatic rings. The fourth-order valence-electron chi connectivity index (χ4n) is 7.85. The first-order valence-electron chi connectivity index (χ1n) is 16.7. The molecule has 47 heavy (non-hydrogen) atoms. The maximum absolute atomic E-state index is 5.67. The summed E-state index contributed by atoms with van der Waals surface area (Å²) in [6, 6.07) is 47.4. The number of rotatable bonds is 8. The second kappa shape index (κ2) is 12.4.